The summed E-state index contributed by atoms with van der Waals surface area (Å²) in [6.45, 7) is 1.33. The van der Waals surface area contributed by atoms with E-state index in [-0.39, 0.29) is 0 Å². The van der Waals surface area contributed by atoms with Crippen LogP contribution in [-0.4, -0.2) is 19.5 Å². The van der Waals surface area contributed by atoms with Gasteiger partial charge in [-0.1, -0.05) is 0 Å². The molecule has 0 saturated heterocycles. The van der Waals surface area contributed by atoms with E-state index in [2.05, 4.69) is 5.32 Å². The molecule has 3 N–H and O–H groups in total. The van der Waals surface area contributed by atoms with Gasteiger partial charge in [0.1, 0.15) is 0 Å². The van der Waals surface area contributed by atoms with E-state index in [9.17, 15) is 4.79 Å². The Morgan fingerprint density at radius 3 is 2.86 bits per heavy atom. The zero-order valence-corrected chi connectivity index (χ0v) is 4.18. The number of hydrogen-bond donors (Lipinski definition) is 2. The van der Waals surface area contributed by atoms with Crippen LogP contribution in [0, 0.1) is 0 Å². The molecule has 0 aromatic heterocycles. The van der Waals surface area contributed by atoms with Crippen molar-refractivity contribution < 1.29 is 4.79 Å². The first-order chi connectivity index (χ1) is 3.41. The molecular formula is C4H10N2O. The Morgan fingerprint density at radius 1 is 1.71 bits per heavy atom. The molecule has 0 bridgehead atoms. The van der Waals surface area contributed by atoms with Gasteiger partial charge >= 0.3 is 0 Å². The summed E-state index contributed by atoms with van der Waals surface area (Å²) in [6.07, 6.45) is 1.54. The van der Waals surface area contributed by atoms with Gasteiger partial charge in [0.05, 0.1) is 0 Å². The molecule has 0 aliphatic rings. The molecule has 0 aromatic carbocycles. The minimum absolute atomic E-state index is 0.640. The van der Waals surface area contributed by atoms with Crippen LogP contribution in [0.25, 0.3) is 0 Å². The maximum atomic E-state index is 9.53. The first-order valence-electron chi connectivity index (χ1n) is 2.29. The SMILES string of the molecule is NCCCNC=O. The van der Waals surface area contributed by atoms with E-state index in [1.165, 1.54) is 0 Å². The lowest BCUT2D eigenvalue weighted by molar-refractivity contribution is -0.109. The fraction of sp³-hybridized carbons (Fsp3) is 0.750. The van der Waals surface area contributed by atoms with Crippen molar-refractivity contribution >= 4 is 6.41 Å². The van der Waals surface area contributed by atoms with Crippen molar-refractivity contribution in [3.8, 4) is 0 Å². The zero-order chi connectivity index (χ0) is 5.54. The third-order valence-electron chi connectivity index (χ3n) is 0.609. The van der Waals surface area contributed by atoms with Crippen molar-refractivity contribution in [2.75, 3.05) is 13.1 Å². The van der Waals surface area contributed by atoms with Crippen molar-refractivity contribution in [1.29, 1.82) is 0 Å². The second kappa shape index (κ2) is 5.43. The fourth-order valence-electron chi connectivity index (χ4n) is 0.263. The van der Waals surface area contributed by atoms with E-state index in [1.54, 1.807) is 0 Å². The van der Waals surface area contributed by atoms with Crippen molar-refractivity contribution in [3.63, 3.8) is 0 Å². The summed E-state index contributed by atoms with van der Waals surface area (Å²) in [6, 6.07) is 0. The van der Waals surface area contributed by atoms with E-state index in [0.717, 1.165) is 6.42 Å². The molecule has 3 heteroatoms. The van der Waals surface area contributed by atoms with Crippen molar-refractivity contribution in [2.45, 2.75) is 6.42 Å². The largest absolute Gasteiger partial charge is 0.359 e. The smallest absolute Gasteiger partial charge is 0.207 e. The summed E-state index contributed by atoms with van der Waals surface area (Å²) in [7, 11) is 0. The molecule has 1 amide bonds. The molecule has 3 nitrogen and oxygen atoms in total. The lowest BCUT2D eigenvalue weighted by Gasteiger charge is -1.90. The van der Waals surface area contributed by atoms with Gasteiger partial charge in [0.25, 0.3) is 0 Å². The van der Waals surface area contributed by atoms with Crippen LogP contribution in [0.4, 0.5) is 0 Å². The minimum Gasteiger partial charge on any atom is -0.359 e. The first kappa shape index (κ1) is 6.43. The minimum atomic E-state index is 0.640. The quantitative estimate of drug-likeness (QED) is 0.356. The van der Waals surface area contributed by atoms with Crippen LogP contribution in [0.2, 0.25) is 0 Å². The monoisotopic (exact) mass is 102 g/mol. The molecule has 0 atom stereocenters. The van der Waals surface area contributed by atoms with Crippen LogP contribution in [0.3, 0.4) is 0 Å². The number of hydrogen-bond acceptors (Lipinski definition) is 2. The molecule has 0 aromatic rings. The van der Waals surface area contributed by atoms with Crippen molar-refractivity contribution in [3.05, 3.63) is 0 Å². The van der Waals surface area contributed by atoms with Gasteiger partial charge < -0.3 is 11.1 Å². The molecule has 0 spiro atoms. The molecule has 42 valence electrons. The highest BCUT2D eigenvalue weighted by Crippen LogP contribution is 1.63. The summed E-state index contributed by atoms with van der Waals surface area (Å²) < 4.78 is 0. The summed E-state index contributed by atoms with van der Waals surface area (Å²) in [4.78, 5) is 9.53. The third-order valence-corrected chi connectivity index (χ3v) is 0.609. The summed E-state index contributed by atoms with van der Waals surface area (Å²) in [5.41, 5.74) is 5.11. The van der Waals surface area contributed by atoms with E-state index >= 15 is 0 Å². The van der Waals surface area contributed by atoms with Crippen LogP contribution in [0.5, 0.6) is 0 Å². The van der Waals surface area contributed by atoms with Gasteiger partial charge in [-0.05, 0) is 13.0 Å². The molecule has 0 fully saturated rings. The van der Waals surface area contributed by atoms with Gasteiger partial charge in [0, 0.05) is 6.54 Å². The zero-order valence-electron chi connectivity index (χ0n) is 4.18. The highest BCUT2D eigenvalue weighted by molar-refractivity contribution is 5.45. The normalized spacial score (nSPS) is 8.14. The van der Waals surface area contributed by atoms with Gasteiger partial charge in [-0.2, -0.15) is 0 Å². The van der Waals surface area contributed by atoms with Crippen molar-refractivity contribution in [2.24, 2.45) is 5.73 Å². The van der Waals surface area contributed by atoms with Gasteiger partial charge in [-0.15, -0.1) is 0 Å². The molecular weight excluding hydrogens is 92.1 g/mol. The summed E-state index contributed by atoms with van der Waals surface area (Å²) >= 11 is 0. The van der Waals surface area contributed by atoms with E-state index in [4.69, 9.17) is 5.73 Å². The van der Waals surface area contributed by atoms with Crippen LogP contribution in [-0.2, 0) is 4.79 Å². The second-order valence-corrected chi connectivity index (χ2v) is 1.21. The molecule has 7 heavy (non-hydrogen) atoms. The van der Waals surface area contributed by atoms with Crippen LogP contribution in [0.15, 0.2) is 0 Å². The lowest BCUT2D eigenvalue weighted by Crippen LogP contribution is -2.15. The van der Waals surface area contributed by atoms with Gasteiger partial charge in [-0.25, -0.2) is 0 Å². The molecule has 0 heterocycles. The predicted octanol–water partition coefficient (Wildman–Crippen LogP) is -0.919. The van der Waals surface area contributed by atoms with E-state index < -0.39 is 0 Å². The highest BCUT2D eigenvalue weighted by atomic mass is 16.1. The number of carbonyl (C=O) groups excluding carboxylic acids is 1. The van der Waals surface area contributed by atoms with Gasteiger partial charge in [0.2, 0.25) is 6.41 Å². The number of carbonyl (C=O) groups is 1. The lowest BCUT2D eigenvalue weighted by atomic mass is 10.4. The third kappa shape index (κ3) is 5.43. The Morgan fingerprint density at radius 2 is 2.43 bits per heavy atom. The number of nitrogens with two attached hydrogens (primary N) is 1. The Hall–Kier alpha value is -0.570. The fourth-order valence-corrected chi connectivity index (χ4v) is 0.263. The standard InChI is InChI=1S/C4H10N2O/c5-2-1-3-6-4-7/h4H,1-3,5H2,(H,6,7). The number of rotatable bonds is 4. The topological polar surface area (TPSA) is 55.1 Å². The Balaban J connectivity index is 2.56. The molecule has 0 rings (SSSR count). The molecule has 0 radical (unpaired) electrons. The highest BCUT2D eigenvalue weighted by Gasteiger charge is 1.76. The van der Waals surface area contributed by atoms with Crippen LogP contribution >= 0.6 is 0 Å². The van der Waals surface area contributed by atoms with E-state index in [0.29, 0.717) is 19.5 Å². The molecule has 0 aliphatic carbocycles. The number of amides is 1. The summed E-state index contributed by atoms with van der Waals surface area (Å²) in [5.74, 6) is 0. The Bertz CT molecular complexity index is 47.0. The average molecular weight is 102 g/mol. The van der Waals surface area contributed by atoms with Crippen LogP contribution < -0.4 is 11.1 Å². The maximum Gasteiger partial charge on any atom is 0.207 e. The molecule has 0 unspecified atom stereocenters. The van der Waals surface area contributed by atoms with Crippen LogP contribution in [0.1, 0.15) is 6.42 Å². The second-order valence-electron chi connectivity index (χ2n) is 1.21. The summed E-state index contributed by atoms with van der Waals surface area (Å²) in [5, 5.41) is 2.49. The average Bonchev–Trinajstić information content (AvgIpc) is 1.69. The first-order valence-corrected chi connectivity index (χ1v) is 2.29. The molecule has 0 saturated carbocycles. The Labute approximate surface area is 42.9 Å². The maximum absolute atomic E-state index is 9.53. The Kier molecular flexibility index (Phi) is 4.99. The number of nitrogens with one attached hydrogen (secondary N) is 1. The van der Waals surface area contributed by atoms with E-state index in [1.807, 2.05) is 0 Å². The van der Waals surface area contributed by atoms with Gasteiger partial charge in [-0.3, -0.25) is 4.79 Å². The van der Waals surface area contributed by atoms with Crippen molar-refractivity contribution in [1.82, 2.24) is 5.32 Å². The van der Waals surface area contributed by atoms with Gasteiger partial charge in [0.15, 0.2) is 0 Å². The predicted molar refractivity (Wildman–Crippen MR) is 27.7 cm³/mol. The molecule has 0 aliphatic heterocycles.